The number of hydrogen-bond donors (Lipinski definition) is 1. The number of hydrogen-bond acceptors (Lipinski definition) is 4. The van der Waals surface area contributed by atoms with E-state index < -0.39 is 5.97 Å². The maximum Gasteiger partial charge on any atom is 0.356 e. The van der Waals surface area contributed by atoms with Gasteiger partial charge in [0.15, 0.2) is 11.5 Å². The van der Waals surface area contributed by atoms with Crippen LogP contribution in [0.4, 0.5) is 5.82 Å². The average Bonchev–Trinajstić information content (AvgIpc) is 3.02. The monoisotopic (exact) mass is 288 g/mol. The van der Waals surface area contributed by atoms with Crippen LogP contribution in [0.3, 0.4) is 0 Å². The molecule has 1 fully saturated rings. The summed E-state index contributed by atoms with van der Waals surface area (Å²) in [6.45, 7) is 1.90. The molecular formula is C15H20N4O2. The molecule has 21 heavy (non-hydrogen) atoms. The summed E-state index contributed by atoms with van der Waals surface area (Å²) in [4.78, 5) is 20.4. The molecule has 1 aliphatic heterocycles. The van der Waals surface area contributed by atoms with E-state index in [9.17, 15) is 9.90 Å². The Bertz CT molecular complexity index is 667. The molecule has 1 aliphatic rings. The van der Waals surface area contributed by atoms with E-state index in [0.717, 1.165) is 19.5 Å². The summed E-state index contributed by atoms with van der Waals surface area (Å²) in [6.07, 6.45) is 4.09. The number of nitrogens with zero attached hydrogens (tertiary/aromatic N) is 4. The van der Waals surface area contributed by atoms with Crippen LogP contribution in [0.1, 0.15) is 23.3 Å². The molecular weight excluding hydrogens is 268 g/mol. The molecule has 0 aliphatic carbocycles. The highest BCUT2D eigenvalue weighted by Crippen LogP contribution is 2.23. The van der Waals surface area contributed by atoms with Gasteiger partial charge < -0.3 is 14.9 Å². The van der Waals surface area contributed by atoms with Gasteiger partial charge in [0, 0.05) is 25.8 Å². The van der Waals surface area contributed by atoms with Crippen LogP contribution >= 0.6 is 0 Å². The number of carboxylic acid groups (broad SMARTS) is 1. The molecule has 0 radical (unpaired) electrons. The van der Waals surface area contributed by atoms with Gasteiger partial charge in [0.2, 0.25) is 0 Å². The number of likely N-dealkylation sites (tertiary alicyclic amines) is 1. The second-order valence-electron chi connectivity index (χ2n) is 5.68. The van der Waals surface area contributed by atoms with Crippen molar-refractivity contribution >= 4 is 17.4 Å². The molecule has 1 N–H and O–H groups in total. The van der Waals surface area contributed by atoms with Crippen LogP contribution in [-0.2, 0) is 0 Å². The first-order valence-electron chi connectivity index (χ1n) is 7.19. The lowest BCUT2D eigenvalue weighted by molar-refractivity contribution is 0.0690. The second kappa shape index (κ2) is 5.37. The standard InChI is InChI=1S/C15H20N4O2/c1-17-8-5-6-11(17)10-18(2)14-13(15(20)21)19-9-4-3-7-12(19)16-14/h3-4,7,9,11H,5-6,8,10H2,1-2H3,(H,20,21). The van der Waals surface area contributed by atoms with Crippen molar-refractivity contribution in [2.75, 3.05) is 32.1 Å². The van der Waals surface area contributed by atoms with E-state index >= 15 is 0 Å². The second-order valence-corrected chi connectivity index (χ2v) is 5.68. The van der Waals surface area contributed by atoms with Crippen LogP contribution in [0.25, 0.3) is 5.65 Å². The average molecular weight is 288 g/mol. The van der Waals surface area contributed by atoms with Crippen molar-refractivity contribution < 1.29 is 9.90 Å². The zero-order valence-corrected chi connectivity index (χ0v) is 12.4. The normalized spacial score (nSPS) is 19.2. The van der Waals surface area contributed by atoms with E-state index in [1.54, 1.807) is 10.6 Å². The smallest absolute Gasteiger partial charge is 0.356 e. The van der Waals surface area contributed by atoms with Crippen molar-refractivity contribution in [1.82, 2.24) is 14.3 Å². The third kappa shape index (κ3) is 2.47. The summed E-state index contributed by atoms with van der Waals surface area (Å²) in [5, 5.41) is 9.52. The molecule has 1 unspecified atom stereocenters. The number of rotatable bonds is 4. The van der Waals surface area contributed by atoms with Gasteiger partial charge in [0.1, 0.15) is 5.65 Å². The fraction of sp³-hybridized carbons (Fsp3) is 0.467. The third-order valence-electron chi connectivity index (χ3n) is 4.23. The van der Waals surface area contributed by atoms with E-state index in [-0.39, 0.29) is 5.69 Å². The zero-order valence-electron chi connectivity index (χ0n) is 12.4. The number of pyridine rings is 1. The van der Waals surface area contributed by atoms with Crippen LogP contribution in [0.15, 0.2) is 24.4 Å². The van der Waals surface area contributed by atoms with Crippen LogP contribution in [0.5, 0.6) is 0 Å². The van der Waals surface area contributed by atoms with Crippen molar-refractivity contribution in [1.29, 1.82) is 0 Å². The summed E-state index contributed by atoms with van der Waals surface area (Å²) >= 11 is 0. The molecule has 112 valence electrons. The maximum absolute atomic E-state index is 11.6. The van der Waals surface area contributed by atoms with Crippen LogP contribution in [0.2, 0.25) is 0 Å². The number of imidazole rings is 1. The molecule has 6 nitrogen and oxygen atoms in total. The predicted octanol–water partition coefficient (Wildman–Crippen LogP) is 1.56. The van der Waals surface area contributed by atoms with Gasteiger partial charge >= 0.3 is 5.97 Å². The molecule has 0 amide bonds. The summed E-state index contributed by atoms with van der Waals surface area (Å²) < 4.78 is 1.63. The molecule has 2 aromatic heterocycles. The fourth-order valence-corrected chi connectivity index (χ4v) is 3.06. The summed E-state index contributed by atoms with van der Waals surface area (Å²) in [7, 11) is 4.04. The molecule has 0 saturated carbocycles. The van der Waals surface area contributed by atoms with Gasteiger partial charge in [0.25, 0.3) is 0 Å². The Morgan fingerprint density at radius 3 is 3.00 bits per heavy atom. The minimum atomic E-state index is -0.949. The molecule has 0 bridgehead atoms. The number of likely N-dealkylation sites (N-methyl/N-ethyl adjacent to an activating group) is 2. The lowest BCUT2D eigenvalue weighted by Gasteiger charge is -2.26. The third-order valence-corrected chi connectivity index (χ3v) is 4.23. The maximum atomic E-state index is 11.6. The first-order chi connectivity index (χ1) is 10.1. The van der Waals surface area contributed by atoms with Crippen LogP contribution in [0, 0.1) is 0 Å². The molecule has 1 atom stereocenters. The highest BCUT2D eigenvalue weighted by molar-refractivity contribution is 5.93. The van der Waals surface area contributed by atoms with Crippen molar-refractivity contribution in [2.24, 2.45) is 0 Å². The topological polar surface area (TPSA) is 61.1 Å². The van der Waals surface area contributed by atoms with E-state index in [1.807, 2.05) is 30.1 Å². The predicted molar refractivity (Wildman–Crippen MR) is 81.1 cm³/mol. The van der Waals surface area contributed by atoms with E-state index in [4.69, 9.17) is 0 Å². The molecule has 0 spiro atoms. The molecule has 3 heterocycles. The Morgan fingerprint density at radius 1 is 1.52 bits per heavy atom. The van der Waals surface area contributed by atoms with Gasteiger partial charge in [-0.2, -0.15) is 0 Å². The first kappa shape index (κ1) is 13.9. The van der Waals surface area contributed by atoms with Crippen molar-refractivity contribution in [3.63, 3.8) is 0 Å². The van der Waals surface area contributed by atoms with Gasteiger partial charge in [-0.15, -0.1) is 0 Å². The number of aromatic nitrogens is 2. The fourth-order valence-electron chi connectivity index (χ4n) is 3.06. The Balaban J connectivity index is 1.95. The highest BCUT2D eigenvalue weighted by Gasteiger charge is 2.26. The Kier molecular flexibility index (Phi) is 3.55. The quantitative estimate of drug-likeness (QED) is 0.925. The van der Waals surface area contributed by atoms with E-state index in [2.05, 4.69) is 16.9 Å². The zero-order chi connectivity index (χ0) is 15.0. The number of carbonyl (C=O) groups is 1. The summed E-state index contributed by atoms with van der Waals surface area (Å²) in [5.41, 5.74) is 0.894. The number of fused-ring (bicyclic) bond motifs is 1. The minimum Gasteiger partial charge on any atom is -0.476 e. The van der Waals surface area contributed by atoms with Gasteiger partial charge in [0.05, 0.1) is 0 Å². The summed E-state index contributed by atoms with van der Waals surface area (Å²) in [6, 6.07) is 5.96. The van der Waals surface area contributed by atoms with Crippen LogP contribution < -0.4 is 4.90 Å². The van der Waals surface area contributed by atoms with Gasteiger partial charge in [-0.25, -0.2) is 9.78 Å². The van der Waals surface area contributed by atoms with Crippen LogP contribution in [-0.4, -0.2) is 58.6 Å². The van der Waals surface area contributed by atoms with Gasteiger partial charge in [-0.05, 0) is 38.6 Å². The SMILES string of the molecule is CN(CC1CCCN1C)c1nc2ccccn2c1C(=O)O. The Morgan fingerprint density at radius 2 is 2.33 bits per heavy atom. The van der Waals surface area contributed by atoms with Crippen molar-refractivity contribution in [2.45, 2.75) is 18.9 Å². The molecule has 6 heteroatoms. The lowest BCUT2D eigenvalue weighted by atomic mass is 10.2. The number of anilines is 1. The van der Waals surface area contributed by atoms with E-state index in [0.29, 0.717) is 17.5 Å². The largest absolute Gasteiger partial charge is 0.476 e. The molecule has 3 rings (SSSR count). The van der Waals surface area contributed by atoms with Gasteiger partial charge in [-0.3, -0.25) is 4.40 Å². The summed E-state index contributed by atoms with van der Waals surface area (Å²) in [5.74, 6) is -0.413. The molecule has 1 saturated heterocycles. The Labute approximate surface area is 123 Å². The molecule has 0 aromatic carbocycles. The molecule has 2 aromatic rings. The Hall–Kier alpha value is -2.08. The van der Waals surface area contributed by atoms with Gasteiger partial charge in [-0.1, -0.05) is 6.07 Å². The number of aromatic carboxylic acids is 1. The first-order valence-corrected chi connectivity index (χ1v) is 7.19. The number of carboxylic acids is 1. The van der Waals surface area contributed by atoms with Crippen molar-refractivity contribution in [3.05, 3.63) is 30.1 Å². The lowest BCUT2D eigenvalue weighted by Crippen LogP contribution is -2.37. The highest BCUT2D eigenvalue weighted by atomic mass is 16.4. The minimum absolute atomic E-state index is 0.230. The van der Waals surface area contributed by atoms with Crippen molar-refractivity contribution in [3.8, 4) is 0 Å². The van der Waals surface area contributed by atoms with E-state index in [1.165, 1.54) is 6.42 Å².